The molecule has 1 N–H and O–H groups in total. The Morgan fingerprint density at radius 3 is 2.24 bits per heavy atom. The van der Waals surface area contributed by atoms with Crippen LogP contribution in [0.2, 0.25) is 0 Å². The van der Waals surface area contributed by atoms with E-state index in [2.05, 4.69) is 5.32 Å². The molecule has 2 atom stereocenters. The summed E-state index contributed by atoms with van der Waals surface area (Å²) in [5.74, 6) is -0.544. The lowest BCUT2D eigenvalue weighted by atomic mass is 10.1. The predicted molar refractivity (Wildman–Crippen MR) is 157 cm³/mol. The quantitative estimate of drug-likeness (QED) is 0.329. The Labute approximate surface area is 246 Å². The first kappa shape index (κ1) is 30.8. The van der Waals surface area contributed by atoms with E-state index in [1.165, 1.54) is 47.4 Å². The number of sulfonamides is 1. The van der Waals surface area contributed by atoms with Crippen LogP contribution >= 0.6 is 0 Å². The zero-order valence-electron chi connectivity index (χ0n) is 24.0. The van der Waals surface area contributed by atoms with Crippen molar-refractivity contribution in [1.29, 1.82) is 0 Å². The SMILES string of the molecule is CC[C@@H](C)NC(=O)[C@H](CC)N(Cc1ccc(F)cc1)C(=O)CN(c1ccc2c(c1)OCCO2)S(=O)(=O)c1ccccc1. The van der Waals surface area contributed by atoms with E-state index in [1.54, 1.807) is 37.3 Å². The first-order chi connectivity index (χ1) is 20.1. The van der Waals surface area contributed by atoms with Crippen LogP contribution < -0.4 is 19.1 Å². The van der Waals surface area contributed by atoms with Crippen molar-refractivity contribution in [3.63, 3.8) is 0 Å². The Hall–Kier alpha value is -4.12. The molecule has 0 aliphatic carbocycles. The van der Waals surface area contributed by atoms with Crippen LogP contribution in [0, 0.1) is 5.82 Å². The van der Waals surface area contributed by atoms with Gasteiger partial charge in [0.15, 0.2) is 11.5 Å². The monoisotopic (exact) mass is 597 g/mol. The van der Waals surface area contributed by atoms with E-state index in [9.17, 15) is 22.4 Å². The number of halogens is 1. The van der Waals surface area contributed by atoms with E-state index in [1.807, 2.05) is 13.8 Å². The number of amides is 2. The van der Waals surface area contributed by atoms with Crippen LogP contribution in [0.1, 0.15) is 39.2 Å². The smallest absolute Gasteiger partial charge is 0.264 e. The number of rotatable bonds is 12. The average molecular weight is 598 g/mol. The molecule has 0 fully saturated rings. The summed E-state index contributed by atoms with van der Waals surface area (Å²) < 4.78 is 53.9. The second-order valence-corrected chi connectivity index (χ2v) is 11.9. The highest BCUT2D eigenvalue weighted by molar-refractivity contribution is 7.92. The summed E-state index contributed by atoms with van der Waals surface area (Å²) in [5.41, 5.74) is 0.798. The molecule has 0 aromatic heterocycles. The van der Waals surface area contributed by atoms with Gasteiger partial charge in [0.25, 0.3) is 10.0 Å². The molecular weight excluding hydrogens is 561 g/mol. The summed E-state index contributed by atoms with van der Waals surface area (Å²) in [6.45, 7) is 5.64. The topological polar surface area (TPSA) is 105 Å². The Kier molecular flexibility index (Phi) is 10.1. The molecule has 0 bridgehead atoms. The van der Waals surface area contributed by atoms with E-state index in [-0.39, 0.29) is 35.5 Å². The number of fused-ring (bicyclic) bond motifs is 1. The van der Waals surface area contributed by atoms with Crippen molar-refractivity contribution in [3.05, 3.63) is 84.2 Å². The number of hydrogen-bond donors (Lipinski definition) is 1. The number of benzene rings is 3. The summed E-state index contributed by atoms with van der Waals surface area (Å²) in [5, 5.41) is 2.93. The van der Waals surface area contributed by atoms with E-state index in [4.69, 9.17) is 9.47 Å². The number of nitrogens with one attached hydrogen (secondary N) is 1. The van der Waals surface area contributed by atoms with Gasteiger partial charge in [-0.2, -0.15) is 0 Å². The summed E-state index contributed by atoms with van der Waals surface area (Å²) >= 11 is 0. The lowest BCUT2D eigenvalue weighted by Crippen LogP contribution is -2.53. The van der Waals surface area contributed by atoms with Gasteiger partial charge in [0.2, 0.25) is 11.8 Å². The van der Waals surface area contributed by atoms with Gasteiger partial charge >= 0.3 is 0 Å². The molecule has 3 aromatic rings. The maximum Gasteiger partial charge on any atom is 0.264 e. The normalized spacial score (nSPS) is 14.0. The molecule has 0 saturated carbocycles. The summed E-state index contributed by atoms with van der Waals surface area (Å²) in [6.07, 6.45) is 0.978. The number of nitrogens with zero attached hydrogens (tertiary/aromatic N) is 2. The molecule has 0 saturated heterocycles. The third-order valence-electron chi connectivity index (χ3n) is 7.08. The van der Waals surface area contributed by atoms with Gasteiger partial charge in [0.05, 0.1) is 10.6 Å². The maximum atomic E-state index is 14.1. The highest BCUT2D eigenvalue weighted by Crippen LogP contribution is 2.36. The molecule has 2 amide bonds. The van der Waals surface area contributed by atoms with Crippen LogP contribution in [0.4, 0.5) is 10.1 Å². The lowest BCUT2D eigenvalue weighted by molar-refractivity contribution is -0.140. The fraction of sp³-hybridized carbons (Fsp3) is 0.355. The fourth-order valence-electron chi connectivity index (χ4n) is 4.58. The number of hydrogen-bond acceptors (Lipinski definition) is 6. The highest BCUT2D eigenvalue weighted by atomic mass is 32.2. The Bertz CT molecular complexity index is 1480. The number of carbonyl (C=O) groups excluding carboxylic acids is 2. The minimum Gasteiger partial charge on any atom is -0.486 e. The third kappa shape index (κ3) is 7.20. The average Bonchev–Trinajstić information content (AvgIpc) is 3.00. The minimum atomic E-state index is -4.22. The van der Waals surface area contributed by atoms with Gasteiger partial charge in [0.1, 0.15) is 31.6 Å². The van der Waals surface area contributed by atoms with Crippen LogP contribution in [-0.4, -0.2) is 57.0 Å². The molecule has 4 rings (SSSR count). The molecule has 0 spiro atoms. The molecule has 3 aromatic carbocycles. The first-order valence-electron chi connectivity index (χ1n) is 14.0. The van der Waals surface area contributed by atoms with E-state index in [0.717, 1.165) is 4.31 Å². The van der Waals surface area contributed by atoms with Gasteiger partial charge in [-0.15, -0.1) is 0 Å². The second kappa shape index (κ2) is 13.7. The molecule has 224 valence electrons. The molecule has 1 heterocycles. The maximum absolute atomic E-state index is 14.1. The molecular formula is C31H36FN3O6S. The molecule has 1 aliphatic rings. The van der Waals surface area contributed by atoms with Gasteiger partial charge in [-0.25, -0.2) is 12.8 Å². The largest absolute Gasteiger partial charge is 0.486 e. The lowest BCUT2D eigenvalue weighted by Gasteiger charge is -2.34. The standard InChI is InChI=1S/C31H36FN3O6S/c1-4-22(3)33-31(37)27(5-2)34(20-23-11-13-24(32)14-12-23)30(36)21-35(42(38,39)26-9-7-6-8-10-26)25-15-16-28-29(19-25)41-18-17-40-28/h6-16,19,22,27H,4-5,17-18,20-21H2,1-3H3,(H,33,37)/t22-,27+/m1/s1. The van der Waals surface area contributed by atoms with Crippen molar-refractivity contribution in [1.82, 2.24) is 10.2 Å². The van der Waals surface area contributed by atoms with Crippen molar-refractivity contribution >= 4 is 27.5 Å². The molecule has 0 radical (unpaired) electrons. The van der Waals surface area contributed by atoms with Crippen molar-refractivity contribution in [3.8, 4) is 11.5 Å². The number of anilines is 1. The number of carbonyl (C=O) groups is 2. The van der Waals surface area contributed by atoms with E-state index < -0.39 is 34.3 Å². The Morgan fingerprint density at radius 1 is 0.929 bits per heavy atom. The molecule has 0 unspecified atom stereocenters. The molecule has 1 aliphatic heterocycles. The van der Waals surface area contributed by atoms with Crippen molar-refractivity contribution in [2.45, 2.75) is 57.1 Å². The van der Waals surface area contributed by atoms with Gasteiger partial charge in [-0.05, 0) is 61.7 Å². The predicted octanol–water partition coefficient (Wildman–Crippen LogP) is 4.51. The fourth-order valence-corrected chi connectivity index (χ4v) is 6.01. The molecule has 9 nitrogen and oxygen atoms in total. The summed E-state index contributed by atoms with van der Waals surface area (Å²) in [7, 11) is -4.22. The van der Waals surface area contributed by atoms with E-state index in [0.29, 0.717) is 36.7 Å². The van der Waals surface area contributed by atoms with E-state index >= 15 is 0 Å². The zero-order valence-corrected chi connectivity index (χ0v) is 24.8. The second-order valence-electron chi connectivity index (χ2n) is 10.0. The van der Waals surface area contributed by atoms with Crippen LogP contribution in [0.5, 0.6) is 11.5 Å². The minimum absolute atomic E-state index is 0.000621. The van der Waals surface area contributed by atoms with Gasteiger partial charge in [-0.1, -0.05) is 44.2 Å². The van der Waals surface area contributed by atoms with Crippen LogP contribution in [-0.2, 0) is 26.2 Å². The van der Waals surface area contributed by atoms with Crippen LogP contribution in [0.25, 0.3) is 0 Å². The first-order valence-corrected chi connectivity index (χ1v) is 15.4. The molecule has 11 heteroatoms. The van der Waals surface area contributed by atoms with Gasteiger partial charge in [-0.3, -0.25) is 13.9 Å². The zero-order chi connectivity index (χ0) is 30.3. The number of ether oxygens (including phenoxy) is 2. The summed E-state index contributed by atoms with van der Waals surface area (Å²) in [6, 6.07) is 17.1. The van der Waals surface area contributed by atoms with Crippen LogP contribution in [0.3, 0.4) is 0 Å². The summed E-state index contributed by atoms with van der Waals surface area (Å²) in [4.78, 5) is 28.8. The Balaban J connectivity index is 1.75. The highest BCUT2D eigenvalue weighted by Gasteiger charge is 2.34. The van der Waals surface area contributed by atoms with Crippen molar-refractivity contribution in [2.75, 3.05) is 24.1 Å². The van der Waals surface area contributed by atoms with Crippen LogP contribution in [0.15, 0.2) is 77.7 Å². The van der Waals surface area contributed by atoms with Gasteiger partial charge < -0.3 is 19.7 Å². The van der Waals surface area contributed by atoms with Crippen molar-refractivity contribution < 1.29 is 31.9 Å². The molecule has 42 heavy (non-hydrogen) atoms. The third-order valence-corrected chi connectivity index (χ3v) is 8.87. The van der Waals surface area contributed by atoms with Gasteiger partial charge in [0, 0.05) is 18.7 Å². The van der Waals surface area contributed by atoms with Crippen molar-refractivity contribution in [2.24, 2.45) is 0 Å². The Morgan fingerprint density at radius 2 is 1.60 bits per heavy atom.